The zero-order valence-corrected chi connectivity index (χ0v) is 20.6. The summed E-state index contributed by atoms with van der Waals surface area (Å²) in [6.45, 7) is 5.92. The van der Waals surface area contributed by atoms with Crippen LogP contribution in [0.25, 0.3) is 16.7 Å². The number of hydrogen-bond donors (Lipinski definition) is 1. The van der Waals surface area contributed by atoms with E-state index in [0.29, 0.717) is 28.4 Å². The number of carbonyl (C=O) groups is 1. The summed E-state index contributed by atoms with van der Waals surface area (Å²) in [4.78, 5) is 26.4. The molecule has 1 unspecified atom stereocenters. The van der Waals surface area contributed by atoms with Crippen molar-refractivity contribution in [1.29, 1.82) is 0 Å². The van der Waals surface area contributed by atoms with Gasteiger partial charge in [0.25, 0.3) is 5.56 Å². The molecule has 0 aliphatic rings. The molecule has 2 heterocycles. The number of hydrogen-bond acceptors (Lipinski definition) is 5. The number of allylic oxidation sites excluding steroid dienone is 1. The molecule has 1 amide bonds. The van der Waals surface area contributed by atoms with E-state index in [9.17, 15) is 9.59 Å². The van der Waals surface area contributed by atoms with E-state index in [1.165, 1.54) is 16.3 Å². The summed E-state index contributed by atoms with van der Waals surface area (Å²) in [5, 5.41) is 12.5. The Balaban J connectivity index is 1.48. The van der Waals surface area contributed by atoms with Crippen LogP contribution in [-0.2, 0) is 11.3 Å². The Morgan fingerprint density at radius 3 is 2.22 bits per heavy atom. The highest BCUT2D eigenvalue weighted by atomic mass is 32.2. The van der Waals surface area contributed by atoms with Gasteiger partial charge in [0.15, 0.2) is 5.16 Å². The quantitative estimate of drug-likeness (QED) is 0.251. The van der Waals surface area contributed by atoms with Gasteiger partial charge in [-0.05, 0) is 30.2 Å². The molecule has 180 valence electrons. The zero-order valence-electron chi connectivity index (χ0n) is 19.7. The molecule has 0 radical (unpaired) electrons. The summed E-state index contributed by atoms with van der Waals surface area (Å²) >= 11 is 1.30. The molecule has 0 saturated carbocycles. The molecule has 1 atom stereocenters. The Morgan fingerprint density at radius 1 is 0.972 bits per heavy atom. The number of nitrogens with one attached hydrogen (secondary N) is 1. The maximum Gasteiger partial charge on any atom is 0.263 e. The molecule has 5 rings (SSSR count). The van der Waals surface area contributed by atoms with E-state index >= 15 is 0 Å². The Hall–Kier alpha value is -4.17. The fourth-order valence-corrected chi connectivity index (χ4v) is 5.09. The summed E-state index contributed by atoms with van der Waals surface area (Å²) in [7, 11) is 0. The maximum absolute atomic E-state index is 13.4. The van der Waals surface area contributed by atoms with Gasteiger partial charge in [-0.15, -0.1) is 16.8 Å². The number of rotatable bonds is 8. The second kappa shape index (κ2) is 10.2. The summed E-state index contributed by atoms with van der Waals surface area (Å²) in [5.41, 5.74) is 2.55. The average molecular weight is 496 g/mol. The first-order chi connectivity index (χ1) is 17.6. The molecule has 0 aliphatic carbocycles. The van der Waals surface area contributed by atoms with Crippen molar-refractivity contribution >= 4 is 34.3 Å². The summed E-state index contributed by atoms with van der Waals surface area (Å²) in [6, 6.07) is 26.9. The lowest BCUT2D eigenvalue weighted by atomic mass is 9.98. The summed E-state index contributed by atoms with van der Waals surface area (Å²) in [6.07, 6.45) is 1.65. The van der Waals surface area contributed by atoms with Gasteiger partial charge in [-0.3, -0.25) is 18.6 Å². The van der Waals surface area contributed by atoms with E-state index in [2.05, 4.69) is 22.1 Å². The molecule has 0 fully saturated rings. The molecular weight excluding hydrogens is 470 g/mol. The molecule has 7 nitrogen and oxygen atoms in total. The van der Waals surface area contributed by atoms with Crippen LogP contribution < -0.4 is 10.9 Å². The van der Waals surface area contributed by atoms with E-state index in [1.54, 1.807) is 12.1 Å². The first-order valence-corrected chi connectivity index (χ1v) is 12.5. The molecule has 0 bridgehead atoms. The van der Waals surface area contributed by atoms with Crippen LogP contribution in [0.4, 0.5) is 0 Å². The normalized spacial score (nSPS) is 12.2. The van der Waals surface area contributed by atoms with E-state index in [1.807, 2.05) is 90.2 Å². The van der Waals surface area contributed by atoms with E-state index < -0.39 is 5.25 Å². The molecule has 8 heteroatoms. The van der Waals surface area contributed by atoms with Crippen LogP contribution >= 0.6 is 11.8 Å². The number of fused-ring (bicyclic) bond motifs is 3. The number of amides is 1. The topological polar surface area (TPSA) is 81.3 Å². The number of para-hydroxylation sites is 1. The fourth-order valence-electron chi connectivity index (χ4n) is 4.22. The van der Waals surface area contributed by atoms with Gasteiger partial charge in [-0.25, -0.2) is 0 Å². The van der Waals surface area contributed by atoms with Crippen molar-refractivity contribution in [1.82, 2.24) is 24.5 Å². The van der Waals surface area contributed by atoms with E-state index in [-0.39, 0.29) is 17.5 Å². The zero-order chi connectivity index (χ0) is 25.1. The minimum atomic E-state index is -0.467. The van der Waals surface area contributed by atoms with Crippen molar-refractivity contribution in [2.24, 2.45) is 0 Å². The second-order valence-electron chi connectivity index (χ2n) is 8.36. The highest BCUT2D eigenvalue weighted by molar-refractivity contribution is 8.00. The highest BCUT2D eigenvalue weighted by Crippen LogP contribution is 2.27. The lowest BCUT2D eigenvalue weighted by Crippen LogP contribution is -2.35. The third-order valence-corrected chi connectivity index (χ3v) is 7.04. The van der Waals surface area contributed by atoms with Crippen molar-refractivity contribution in [2.75, 3.05) is 0 Å². The van der Waals surface area contributed by atoms with Gasteiger partial charge in [0.2, 0.25) is 11.7 Å². The highest BCUT2D eigenvalue weighted by Gasteiger charge is 2.24. The number of carbonyl (C=O) groups excluding carboxylic acids is 1. The molecule has 3 aromatic carbocycles. The van der Waals surface area contributed by atoms with E-state index in [4.69, 9.17) is 0 Å². The van der Waals surface area contributed by atoms with Gasteiger partial charge >= 0.3 is 0 Å². The second-order valence-corrected chi connectivity index (χ2v) is 9.67. The number of nitrogens with zero attached hydrogens (tertiary/aromatic N) is 4. The van der Waals surface area contributed by atoms with Crippen LogP contribution in [0.5, 0.6) is 0 Å². The average Bonchev–Trinajstić information content (AvgIpc) is 3.34. The Kier molecular flexibility index (Phi) is 6.69. The largest absolute Gasteiger partial charge is 0.344 e. The minimum Gasteiger partial charge on any atom is -0.344 e. The van der Waals surface area contributed by atoms with Gasteiger partial charge in [-0.1, -0.05) is 90.6 Å². The van der Waals surface area contributed by atoms with Crippen LogP contribution in [-0.4, -0.2) is 30.3 Å². The summed E-state index contributed by atoms with van der Waals surface area (Å²) < 4.78 is 3.37. The molecular formula is C28H25N5O2S. The Morgan fingerprint density at radius 2 is 1.58 bits per heavy atom. The number of aromatic nitrogens is 4. The lowest BCUT2D eigenvalue weighted by Gasteiger charge is -2.22. The van der Waals surface area contributed by atoms with Gasteiger partial charge < -0.3 is 5.32 Å². The SMILES string of the molecule is C=CCn1c(=O)c2ccccc2n2c(SC(C)C(=O)NC(c3ccccc3)c3ccccc3)nnc12. The van der Waals surface area contributed by atoms with Gasteiger partial charge in [-0.2, -0.15) is 0 Å². The molecule has 0 saturated heterocycles. The molecule has 2 aromatic heterocycles. The van der Waals surface area contributed by atoms with Crippen LogP contribution in [0.1, 0.15) is 24.1 Å². The molecule has 0 spiro atoms. The van der Waals surface area contributed by atoms with Crippen molar-refractivity contribution in [3.05, 3.63) is 119 Å². The predicted octanol–water partition coefficient (Wildman–Crippen LogP) is 4.62. The number of thioether (sulfide) groups is 1. The smallest absolute Gasteiger partial charge is 0.263 e. The summed E-state index contributed by atoms with van der Waals surface area (Å²) in [5.74, 6) is 0.290. The van der Waals surface area contributed by atoms with Gasteiger partial charge in [0.1, 0.15) is 0 Å². The van der Waals surface area contributed by atoms with Gasteiger partial charge in [0, 0.05) is 6.54 Å². The van der Waals surface area contributed by atoms with Crippen LogP contribution in [0.15, 0.2) is 108 Å². The third-order valence-electron chi connectivity index (χ3n) is 5.99. The standard InChI is InChI=1S/C28H25N5O2S/c1-3-18-32-26(35)22-16-10-11-17-23(22)33-27(32)30-31-28(33)36-19(2)25(34)29-24(20-12-6-4-7-13-20)21-14-8-5-9-15-21/h3-17,19,24H,1,18H2,2H3,(H,29,34). The van der Waals surface area contributed by atoms with Crippen molar-refractivity contribution < 1.29 is 4.79 Å². The van der Waals surface area contributed by atoms with Gasteiger partial charge in [0.05, 0.1) is 22.2 Å². The van der Waals surface area contributed by atoms with E-state index in [0.717, 1.165) is 11.1 Å². The van der Waals surface area contributed by atoms with Crippen LogP contribution in [0.3, 0.4) is 0 Å². The molecule has 1 N–H and O–H groups in total. The third kappa shape index (κ3) is 4.43. The molecule has 0 aliphatic heterocycles. The van der Waals surface area contributed by atoms with Crippen LogP contribution in [0.2, 0.25) is 0 Å². The predicted molar refractivity (Wildman–Crippen MR) is 143 cm³/mol. The Bertz CT molecular complexity index is 1560. The molecule has 5 aromatic rings. The van der Waals surface area contributed by atoms with Crippen molar-refractivity contribution in [3.63, 3.8) is 0 Å². The fraction of sp³-hybridized carbons (Fsp3) is 0.143. The van der Waals surface area contributed by atoms with Crippen LogP contribution in [0, 0.1) is 0 Å². The lowest BCUT2D eigenvalue weighted by molar-refractivity contribution is -0.120. The first kappa shape index (κ1) is 23.6. The van der Waals surface area contributed by atoms with Crippen molar-refractivity contribution in [2.45, 2.75) is 29.9 Å². The number of benzene rings is 3. The minimum absolute atomic E-state index is 0.127. The monoisotopic (exact) mass is 495 g/mol. The first-order valence-electron chi connectivity index (χ1n) is 11.6. The maximum atomic E-state index is 13.4. The molecule has 36 heavy (non-hydrogen) atoms. The van der Waals surface area contributed by atoms with Crippen molar-refractivity contribution in [3.8, 4) is 0 Å². The Labute approximate surface area is 212 Å².